The minimum absolute atomic E-state index is 0.112. The molecule has 3 aromatic rings. The fourth-order valence-electron chi connectivity index (χ4n) is 3.73. The predicted molar refractivity (Wildman–Crippen MR) is 127 cm³/mol. The summed E-state index contributed by atoms with van der Waals surface area (Å²) in [4.78, 5) is 38.6. The molecule has 3 aromatic carbocycles. The van der Waals surface area contributed by atoms with Crippen molar-refractivity contribution in [2.45, 2.75) is 27.4 Å². The second kappa shape index (κ2) is 9.12. The number of nitrogens with zero attached hydrogens (tertiary/aromatic N) is 1. The number of hydrogen-bond donors (Lipinski definition) is 1. The molecule has 1 N–H and O–H groups in total. The fraction of sp³-hybridized carbons (Fsp3) is 0.148. The Kier molecular flexibility index (Phi) is 6.09. The summed E-state index contributed by atoms with van der Waals surface area (Å²) >= 11 is 0. The number of barbiturate groups is 1. The van der Waals surface area contributed by atoms with Crippen molar-refractivity contribution in [2.24, 2.45) is 0 Å². The number of hydrogen-bond acceptors (Lipinski definition) is 4. The molecule has 6 heteroatoms. The monoisotopic (exact) mass is 440 g/mol. The number of imide groups is 2. The van der Waals surface area contributed by atoms with Gasteiger partial charge in [0.05, 0.1) is 5.69 Å². The molecule has 0 radical (unpaired) electrons. The van der Waals surface area contributed by atoms with E-state index in [4.69, 9.17) is 4.74 Å². The molecular weight excluding hydrogens is 416 g/mol. The molecule has 0 unspecified atom stereocenters. The fourth-order valence-corrected chi connectivity index (χ4v) is 3.73. The lowest BCUT2D eigenvalue weighted by Gasteiger charge is -2.26. The normalized spacial score (nSPS) is 15.1. The largest absolute Gasteiger partial charge is 0.489 e. The Balaban J connectivity index is 1.51. The van der Waals surface area contributed by atoms with Crippen molar-refractivity contribution in [3.63, 3.8) is 0 Å². The Bertz CT molecular complexity index is 1240. The Morgan fingerprint density at radius 2 is 1.45 bits per heavy atom. The lowest BCUT2D eigenvalue weighted by atomic mass is 10.1. The lowest BCUT2D eigenvalue weighted by Crippen LogP contribution is -2.54. The molecule has 4 rings (SSSR count). The number of urea groups is 1. The standard InChI is InChI=1S/C27H24N2O4/c1-17-4-8-22(9-5-17)29-26(31)24(25(30)28-27(29)32)15-20-6-10-23(11-7-20)33-16-21-13-18(2)12-19(3)14-21/h4-15H,16H2,1-3H3,(H,28,30,32)/b24-15+. The molecule has 0 aromatic heterocycles. The van der Waals surface area contributed by atoms with E-state index in [-0.39, 0.29) is 5.57 Å². The van der Waals surface area contributed by atoms with Gasteiger partial charge in [-0.15, -0.1) is 0 Å². The van der Waals surface area contributed by atoms with Crippen LogP contribution in [0.1, 0.15) is 27.8 Å². The molecule has 0 bridgehead atoms. The molecule has 0 aliphatic carbocycles. The molecule has 1 aliphatic heterocycles. The van der Waals surface area contributed by atoms with Crippen LogP contribution in [0.25, 0.3) is 6.08 Å². The molecule has 1 heterocycles. The maximum absolute atomic E-state index is 13.0. The van der Waals surface area contributed by atoms with Crippen molar-refractivity contribution >= 4 is 29.6 Å². The summed E-state index contributed by atoms with van der Waals surface area (Å²) in [5.74, 6) is -0.710. The zero-order valence-electron chi connectivity index (χ0n) is 18.7. The summed E-state index contributed by atoms with van der Waals surface area (Å²) in [6.45, 7) is 6.45. The minimum atomic E-state index is -0.763. The minimum Gasteiger partial charge on any atom is -0.489 e. The highest BCUT2D eigenvalue weighted by atomic mass is 16.5. The average molecular weight is 440 g/mol. The number of carbonyl (C=O) groups excluding carboxylic acids is 3. The zero-order chi connectivity index (χ0) is 23.5. The van der Waals surface area contributed by atoms with Crippen LogP contribution in [-0.4, -0.2) is 17.8 Å². The first kappa shape index (κ1) is 22.0. The summed E-state index contributed by atoms with van der Waals surface area (Å²) in [6.07, 6.45) is 1.47. The Morgan fingerprint density at radius 3 is 2.09 bits per heavy atom. The average Bonchev–Trinajstić information content (AvgIpc) is 2.76. The Labute approximate surface area is 192 Å². The number of ether oxygens (including phenoxy) is 1. The molecule has 1 fully saturated rings. The van der Waals surface area contributed by atoms with Crippen LogP contribution in [0.2, 0.25) is 0 Å². The van der Waals surface area contributed by atoms with Gasteiger partial charge in [0, 0.05) is 0 Å². The molecule has 166 valence electrons. The Morgan fingerprint density at radius 1 is 0.818 bits per heavy atom. The van der Waals surface area contributed by atoms with Gasteiger partial charge in [0.2, 0.25) is 0 Å². The summed E-state index contributed by atoms with van der Waals surface area (Å²) in [5.41, 5.74) is 5.38. The maximum Gasteiger partial charge on any atom is 0.335 e. The number of amides is 4. The number of aryl methyl sites for hydroxylation is 3. The van der Waals surface area contributed by atoms with Gasteiger partial charge in [-0.25, -0.2) is 9.69 Å². The van der Waals surface area contributed by atoms with Crippen molar-refractivity contribution < 1.29 is 19.1 Å². The van der Waals surface area contributed by atoms with Gasteiger partial charge in [0.1, 0.15) is 17.9 Å². The molecule has 6 nitrogen and oxygen atoms in total. The summed E-state index contributed by atoms with van der Waals surface area (Å²) < 4.78 is 5.87. The third kappa shape index (κ3) is 5.01. The quantitative estimate of drug-likeness (QED) is 0.454. The van der Waals surface area contributed by atoms with Crippen LogP contribution < -0.4 is 15.0 Å². The van der Waals surface area contributed by atoms with Crippen molar-refractivity contribution in [1.82, 2.24) is 5.32 Å². The summed E-state index contributed by atoms with van der Waals surface area (Å²) in [5, 5.41) is 2.24. The number of benzene rings is 3. The topological polar surface area (TPSA) is 75.7 Å². The van der Waals surface area contributed by atoms with Gasteiger partial charge in [0.15, 0.2) is 0 Å². The SMILES string of the molecule is Cc1ccc(N2C(=O)NC(=O)/C(=C\c3ccc(OCc4cc(C)cc(C)c4)cc3)C2=O)cc1. The number of rotatable bonds is 5. The highest BCUT2D eigenvalue weighted by molar-refractivity contribution is 6.39. The Hall–Kier alpha value is -4.19. The van der Waals surface area contributed by atoms with E-state index in [9.17, 15) is 14.4 Å². The first-order valence-corrected chi connectivity index (χ1v) is 10.6. The molecule has 0 atom stereocenters. The summed E-state index contributed by atoms with van der Waals surface area (Å²) in [6, 6.07) is 19.5. The first-order chi connectivity index (χ1) is 15.8. The van der Waals surface area contributed by atoms with Crippen molar-refractivity contribution in [1.29, 1.82) is 0 Å². The van der Waals surface area contributed by atoms with Crippen LogP contribution in [0.4, 0.5) is 10.5 Å². The van der Waals surface area contributed by atoms with E-state index < -0.39 is 17.8 Å². The van der Waals surface area contributed by atoms with Crippen LogP contribution in [0.3, 0.4) is 0 Å². The molecule has 1 saturated heterocycles. The smallest absolute Gasteiger partial charge is 0.335 e. The third-order valence-electron chi connectivity index (χ3n) is 5.27. The molecule has 4 amide bonds. The number of anilines is 1. The van der Waals surface area contributed by atoms with E-state index in [2.05, 4.69) is 37.4 Å². The van der Waals surface area contributed by atoms with E-state index >= 15 is 0 Å². The van der Waals surface area contributed by atoms with Gasteiger partial charge in [-0.2, -0.15) is 0 Å². The molecule has 0 saturated carbocycles. The first-order valence-electron chi connectivity index (χ1n) is 10.6. The third-order valence-corrected chi connectivity index (χ3v) is 5.27. The van der Waals surface area contributed by atoms with E-state index in [1.54, 1.807) is 48.5 Å². The highest BCUT2D eigenvalue weighted by Gasteiger charge is 2.36. The van der Waals surface area contributed by atoms with Crippen LogP contribution in [0.5, 0.6) is 5.75 Å². The second-order valence-electron chi connectivity index (χ2n) is 8.15. The molecule has 0 spiro atoms. The van der Waals surface area contributed by atoms with Gasteiger partial charge in [0.25, 0.3) is 11.8 Å². The van der Waals surface area contributed by atoms with E-state index in [0.717, 1.165) is 16.0 Å². The van der Waals surface area contributed by atoms with E-state index in [0.29, 0.717) is 23.6 Å². The van der Waals surface area contributed by atoms with Crippen molar-refractivity contribution in [3.05, 3.63) is 100 Å². The van der Waals surface area contributed by atoms with E-state index in [1.807, 2.05) is 6.92 Å². The van der Waals surface area contributed by atoms with Crippen LogP contribution >= 0.6 is 0 Å². The van der Waals surface area contributed by atoms with Gasteiger partial charge in [-0.05, 0) is 62.2 Å². The zero-order valence-corrected chi connectivity index (χ0v) is 18.7. The predicted octanol–water partition coefficient (Wildman–Crippen LogP) is 4.86. The van der Waals surface area contributed by atoms with Crippen molar-refractivity contribution in [3.8, 4) is 5.75 Å². The second-order valence-corrected chi connectivity index (χ2v) is 8.15. The molecular formula is C27H24N2O4. The number of nitrogens with one attached hydrogen (secondary N) is 1. The van der Waals surface area contributed by atoms with Crippen molar-refractivity contribution in [2.75, 3.05) is 4.90 Å². The maximum atomic E-state index is 13.0. The van der Waals surface area contributed by atoms with E-state index in [1.165, 1.54) is 17.2 Å². The van der Waals surface area contributed by atoms with Gasteiger partial charge in [-0.1, -0.05) is 59.2 Å². The van der Waals surface area contributed by atoms with Gasteiger partial charge >= 0.3 is 6.03 Å². The number of carbonyl (C=O) groups is 3. The van der Waals surface area contributed by atoms with Crippen LogP contribution in [0, 0.1) is 20.8 Å². The summed E-state index contributed by atoms with van der Waals surface area (Å²) in [7, 11) is 0. The van der Waals surface area contributed by atoms with Gasteiger partial charge < -0.3 is 4.74 Å². The highest BCUT2D eigenvalue weighted by Crippen LogP contribution is 2.23. The molecule has 1 aliphatic rings. The van der Waals surface area contributed by atoms with Gasteiger partial charge in [-0.3, -0.25) is 14.9 Å². The molecule has 33 heavy (non-hydrogen) atoms. The van der Waals surface area contributed by atoms with Crippen LogP contribution in [0.15, 0.2) is 72.3 Å². The lowest BCUT2D eigenvalue weighted by molar-refractivity contribution is -0.122. The van der Waals surface area contributed by atoms with Crippen LogP contribution in [-0.2, 0) is 16.2 Å².